The summed E-state index contributed by atoms with van der Waals surface area (Å²) in [5, 5.41) is 15.8. The molecule has 30 nitrogen and oxygen atoms in total. The van der Waals surface area contributed by atoms with Crippen molar-refractivity contribution in [3.8, 4) is 0 Å². The van der Waals surface area contributed by atoms with E-state index in [9.17, 15) is 37.9 Å². The Labute approximate surface area is 438 Å². The number of aromatic nitrogens is 8. The lowest BCUT2D eigenvalue weighted by atomic mass is 9.98. The molecule has 0 aliphatic heterocycles. The van der Waals surface area contributed by atoms with Gasteiger partial charge in [0.05, 0.1) is 60.4 Å². The van der Waals surface area contributed by atoms with Crippen LogP contribution in [0.5, 0.6) is 0 Å². The third-order valence-electron chi connectivity index (χ3n) is 9.07. The number of carbonyl (C=O) groups is 6. The Morgan fingerprint density at radius 2 is 0.763 bits per heavy atom. The van der Waals surface area contributed by atoms with Gasteiger partial charge < -0.3 is 59.2 Å². The van der Waals surface area contributed by atoms with Crippen molar-refractivity contribution >= 4 is 85.0 Å². The smallest absolute Gasteiger partial charge is 0.361 e. The first kappa shape index (κ1) is 65.9. The molecule has 6 N–H and O–H groups in total. The molecule has 4 aromatic rings. The van der Waals surface area contributed by atoms with Gasteiger partial charge in [-0.05, 0) is 83.1 Å². The van der Waals surface area contributed by atoms with Gasteiger partial charge in [-0.15, -0.1) is 0 Å². The largest absolute Gasteiger partial charge is 0.481 e. The fourth-order valence-electron chi connectivity index (χ4n) is 4.75. The first-order chi connectivity index (χ1) is 35.1. The van der Waals surface area contributed by atoms with E-state index < -0.39 is 113 Å². The highest BCUT2D eigenvalue weighted by Crippen LogP contribution is 2.49. The number of carboxylic acid groups (broad SMARTS) is 2. The number of imidazole rings is 2. The number of esters is 4. The van der Waals surface area contributed by atoms with Gasteiger partial charge in [0, 0.05) is 13.1 Å². The maximum absolute atomic E-state index is 13.1. The van der Waals surface area contributed by atoms with Gasteiger partial charge in [-0.3, -0.25) is 56.0 Å². The van der Waals surface area contributed by atoms with Crippen LogP contribution in [0.4, 0.5) is 11.6 Å². The van der Waals surface area contributed by atoms with Crippen molar-refractivity contribution in [2.45, 2.75) is 109 Å². The number of aliphatic carboxylic acids is 2. The number of ether oxygens (including phenoxy) is 6. The van der Waals surface area contributed by atoms with Crippen LogP contribution in [0.2, 0.25) is 0 Å². The number of nitrogen functional groups attached to an aromatic ring is 2. The lowest BCUT2D eigenvalue weighted by Crippen LogP contribution is -2.25. The molecule has 4 aromatic heterocycles. The molecule has 0 saturated carbocycles. The SMILES string of the molecule is CC(C)(C)C(=O)OCOP(=O)(COCCn1cnc2c(N)ncnc21)OCOC(=O)C(C)(C)C.CC(C)(C)C(=O)OCOP(=O)(COCCn1cnc2c(N)ncnc21)OCOC(=O)C(C)(C)C.O=C(O)CCC(=O)O. The van der Waals surface area contributed by atoms with Gasteiger partial charge in [0.15, 0.2) is 22.9 Å². The van der Waals surface area contributed by atoms with Crippen LogP contribution < -0.4 is 11.5 Å². The average Bonchev–Trinajstić information content (AvgIpc) is 3.93. The summed E-state index contributed by atoms with van der Waals surface area (Å²) >= 11 is 0. The van der Waals surface area contributed by atoms with Crippen molar-refractivity contribution in [3.05, 3.63) is 25.3 Å². The maximum atomic E-state index is 13.1. The van der Waals surface area contributed by atoms with Crippen molar-refractivity contribution in [2.24, 2.45) is 21.7 Å². The third-order valence-corrected chi connectivity index (χ3v) is 12.1. The number of anilines is 2. The molecule has 0 atom stereocenters. The van der Waals surface area contributed by atoms with E-state index in [0.29, 0.717) is 35.4 Å². The van der Waals surface area contributed by atoms with Crippen LogP contribution in [0, 0.1) is 21.7 Å². The second-order valence-electron chi connectivity index (χ2n) is 20.0. The van der Waals surface area contributed by atoms with Gasteiger partial charge in [0.2, 0.25) is 27.2 Å². The number of hydrogen-bond acceptors (Lipinski definition) is 26. The van der Waals surface area contributed by atoms with E-state index in [1.54, 1.807) is 92.2 Å². The zero-order chi connectivity index (χ0) is 57.7. The maximum Gasteiger partial charge on any atom is 0.361 e. The van der Waals surface area contributed by atoms with Crippen molar-refractivity contribution < 1.29 is 94.6 Å². The van der Waals surface area contributed by atoms with E-state index in [4.69, 9.17) is 68.2 Å². The summed E-state index contributed by atoms with van der Waals surface area (Å²) in [5.74, 6) is -3.84. The van der Waals surface area contributed by atoms with E-state index in [2.05, 4.69) is 29.9 Å². The van der Waals surface area contributed by atoms with E-state index >= 15 is 0 Å². The molecule has 426 valence electrons. The van der Waals surface area contributed by atoms with Gasteiger partial charge in [0.25, 0.3) is 0 Å². The predicted octanol–water partition coefficient (Wildman–Crippen LogP) is 5.34. The van der Waals surface area contributed by atoms with E-state index in [1.165, 1.54) is 25.3 Å². The van der Waals surface area contributed by atoms with E-state index in [0.717, 1.165) is 0 Å². The molecule has 0 bridgehead atoms. The molecule has 32 heteroatoms. The van der Waals surface area contributed by atoms with Crippen molar-refractivity contribution in [2.75, 3.05) is 64.5 Å². The van der Waals surface area contributed by atoms with Crippen LogP contribution in [0.15, 0.2) is 25.3 Å². The molecular weight excluding hydrogens is 1050 g/mol. The summed E-state index contributed by atoms with van der Waals surface area (Å²) in [6.07, 6.45) is 4.17. The van der Waals surface area contributed by atoms with Crippen molar-refractivity contribution in [1.82, 2.24) is 39.0 Å². The van der Waals surface area contributed by atoms with Crippen molar-refractivity contribution in [3.63, 3.8) is 0 Å². The second kappa shape index (κ2) is 29.3. The van der Waals surface area contributed by atoms with Crippen LogP contribution in [0.25, 0.3) is 22.3 Å². The molecule has 0 unspecified atom stereocenters. The monoisotopic (exact) mass is 1120 g/mol. The first-order valence-corrected chi connectivity index (χ1v) is 26.4. The predicted molar refractivity (Wildman–Crippen MR) is 267 cm³/mol. The molecule has 76 heavy (non-hydrogen) atoms. The minimum atomic E-state index is -3.95. The topological polar surface area (TPSA) is 409 Å². The number of hydrogen-bond donors (Lipinski definition) is 4. The molecule has 4 heterocycles. The van der Waals surface area contributed by atoms with Crippen LogP contribution in [0.3, 0.4) is 0 Å². The van der Waals surface area contributed by atoms with Crippen LogP contribution in [-0.2, 0) is 97.5 Å². The Bertz CT molecular complexity index is 2420. The molecule has 0 aromatic carbocycles. The Balaban J connectivity index is 0.000000454. The minimum absolute atomic E-state index is 0.0929. The van der Waals surface area contributed by atoms with Gasteiger partial charge >= 0.3 is 51.0 Å². The molecule has 0 spiro atoms. The highest BCUT2D eigenvalue weighted by atomic mass is 31.2. The zero-order valence-corrected chi connectivity index (χ0v) is 46.5. The Morgan fingerprint density at radius 3 is 1.01 bits per heavy atom. The molecule has 4 rings (SSSR count). The molecule has 0 saturated heterocycles. The Kier molecular flexibility index (Phi) is 25.4. The highest BCUT2D eigenvalue weighted by molar-refractivity contribution is 7.53. The lowest BCUT2D eigenvalue weighted by Gasteiger charge is -2.22. The minimum Gasteiger partial charge on any atom is -0.481 e. The van der Waals surface area contributed by atoms with Gasteiger partial charge in [0.1, 0.15) is 36.4 Å². The van der Waals surface area contributed by atoms with Crippen LogP contribution in [0.1, 0.15) is 95.9 Å². The highest BCUT2D eigenvalue weighted by Gasteiger charge is 2.32. The number of nitrogens with zero attached hydrogens (tertiary/aromatic N) is 8. The van der Waals surface area contributed by atoms with E-state index in [-0.39, 0.29) is 37.7 Å². The third kappa shape index (κ3) is 23.7. The van der Waals surface area contributed by atoms with Crippen molar-refractivity contribution in [1.29, 1.82) is 0 Å². The van der Waals surface area contributed by atoms with Gasteiger partial charge in [-0.2, -0.15) is 0 Å². The summed E-state index contributed by atoms with van der Waals surface area (Å²) in [6, 6.07) is 0. The summed E-state index contributed by atoms with van der Waals surface area (Å²) in [6.45, 7) is 18.3. The normalized spacial score (nSPS) is 12.2. The Morgan fingerprint density at radius 1 is 0.487 bits per heavy atom. The summed E-state index contributed by atoms with van der Waals surface area (Å²) in [4.78, 5) is 91.3. The molecule has 0 aliphatic rings. The molecule has 0 fully saturated rings. The Hall–Kier alpha value is -6.26. The fraction of sp³-hybridized carbons (Fsp3) is 0.636. The van der Waals surface area contributed by atoms with Crippen LogP contribution >= 0.6 is 15.2 Å². The standard InChI is InChI=1S/2C20H32N5O8P.C4H6O4/c2*1-19(2,3)17(26)30-11-32-34(28,33-12-31-18(27)20(4,5)6)13-29-8-7-25-10-24-14-15(21)22-9-23-16(14)25;5-3(6)1-2-4(7)8/h2*9-10H,7-8,11-13H2,1-6H3,(H2,21,22,23);1-2H2,(H,5,6)(H,7,8). The number of fused-ring (bicyclic) bond motifs is 2. The van der Waals surface area contributed by atoms with E-state index in [1.807, 2.05) is 0 Å². The number of carboxylic acids is 2. The lowest BCUT2D eigenvalue weighted by molar-refractivity contribution is -0.164. The number of rotatable bonds is 25. The summed E-state index contributed by atoms with van der Waals surface area (Å²) < 4.78 is 81.3. The van der Waals surface area contributed by atoms with Gasteiger partial charge in [-0.1, -0.05) is 0 Å². The molecule has 0 radical (unpaired) electrons. The molecule has 0 amide bonds. The quantitative estimate of drug-likeness (QED) is 0.0214. The number of carbonyl (C=O) groups excluding carboxylic acids is 4. The van der Waals surface area contributed by atoms with Crippen LogP contribution in [-0.4, -0.2) is 138 Å². The summed E-state index contributed by atoms with van der Waals surface area (Å²) in [7, 11) is -7.89. The first-order valence-electron chi connectivity index (χ1n) is 23.0. The summed E-state index contributed by atoms with van der Waals surface area (Å²) in [5.41, 5.74) is 10.4. The van der Waals surface area contributed by atoms with Gasteiger partial charge in [-0.25, -0.2) is 29.9 Å². The average molecular weight is 1120 g/mol. The number of nitrogens with two attached hydrogens (primary N) is 2. The molecule has 0 aliphatic carbocycles. The molecular formula is C44H70N10O20P2. The zero-order valence-electron chi connectivity index (χ0n) is 44.7. The second-order valence-corrected chi connectivity index (χ2v) is 24.0. The fourth-order valence-corrected chi connectivity index (χ4v) is 6.75.